The first kappa shape index (κ1) is 11.9. The number of piperidine rings is 1. The smallest absolute Gasteiger partial charge is 0.407 e. The van der Waals surface area contributed by atoms with Crippen LogP contribution < -0.4 is 5.73 Å². The molecule has 1 aliphatic rings. The van der Waals surface area contributed by atoms with Crippen molar-refractivity contribution in [2.24, 2.45) is 5.73 Å². The highest BCUT2D eigenvalue weighted by atomic mass is 16.4. The first-order chi connectivity index (χ1) is 8.22. The van der Waals surface area contributed by atoms with E-state index in [0.717, 1.165) is 24.1 Å². The fourth-order valence-electron chi connectivity index (χ4n) is 2.34. The third kappa shape index (κ3) is 2.55. The van der Waals surface area contributed by atoms with Crippen LogP contribution in [0.3, 0.4) is 0 Å². The summed E-state index contributed by atoms with van der Waals surface area (Å²) >= 11 is 0. The maximum atomic E-state index is 10.8. The van der Waals surface area contributed by atoms with Crippen LogP contribution in [0.5, 0.6) is 0 Å². The number of pyridine rings is 1. The van der Waals surface area contributed by atoms with Gasteiger partial charge in [0.15, 0.2) is 0 Å². The fourth-order valence-corrected chi connectivity index (χ4v) is 2.34. The summed E-state index contributed by atoms with van der Waals surface area (Å²) in [6.45, 7) is 1.66. The molecule has 5 nitrogen and oxygen atoms in total. The van der Waals surface area contributed by atoms with Crippen molar-refractivity contribution in [1.82, 2.24) is 9.88 Å². The molecular formula is C12H17N3O2. The topological polar surface area (TPSA) is 79.5 Å². The van der Waals surface area contributed by atoms with E-state index in [4.69, 9.17) is 10.8 Å². The SMILES string of the molecule is NCc1cccnc1C1CCN(C(=O)O)CC1. The van der Waals surface area contributed by atoms with E-state index in [9.17, 15) is 4.79 Å². The van der Waals surface area contributed by atoms with Gasteiger partial charge in [-0.2, -0.15) is 0 Å². The molecule has 5 heteroatoms. The van der Waals surface area contributed by atoms with Crippen molar-refractivity contribution in [2.75, 3.05) is 13.1 Å². The van der Waals surface area contributed by atoms with Crippen LogP contribution in [0.25, 0.3) is 0 Å². The highest BCUT2D eigenvalue weighted by Gasteiger charge is 2.25. The molecule has 1 aromatic heterocycles. The van der Waals surface area contributed by atoms with Gasteiger partial charge in [-0.25, -0.2) is 4.79 Å². The average molecular weight is 235 g/mol. The molecule has 0 radical (unpaired) electrons. The molecule has 0 atom stereocenters. The zero-order chi connectivity index (χ0) is 12.3. The van der Waals surface area contributed by atoms with E-state index >= 15 is 0 Å². The minimum atomic E-state index is -0.830. The molecule has 0 bridgehead atoms. The molecule has 3 N–H and O–H groups in total. The molecule has 0 aromatic carbocycles. The van der Waals surface area contributed by atoms with Crippen LogP contribution in [0, 0.1) is 0 Å². The monoisotopic (exact) mass is 235 g/mol. The van der Waals surface area contributed by atoms with Crippen LogP contribution in [0.1, 0.15) is 30.0 Å². The summed E-state index contributed by atoms with van der Waals surface area (Å²) in [6.07, 6.45) is 2.61. The average Bonchev–Trinajstić information content (AvgIpc) is 2.39. The van der Waals surface area contributed by atoms with Gasteiger partial charge in [0, 0.05) is 37.4 Å². The van der Waals surface area contributed by atoms with Gasteiger partial charge in [-0.3, -0.25) is 4.98 Å². The van der Waals surface area contributed by atoms with Crippen molar-refractivity contribution >= 4 is 6.09 Å². The summed E-state index contributed by atoms with van der Waals surface area (Å²) in [4.78, 5) is 16.7. The zero-order valence-electron chi connectivity index (χ0n) is 9.67. The van der Waals surface area contributed by atoms with Crippen molar-refractivity contribution in [3.63, 3.8) is 0 Å². The molecule has 2 rings (SSSR count). The summed E-state index contributed by atoms with van der Waals surface area (Å²) in [6, 6.07) is 3.88. The molecule has 0 saturated carbocycles. The summed E-state index contributed by atoms with van der Waals surface area (Å²) in [5.74, 6) is 0.338. The largest absolute Gasteiger partial charge is 0.465 e. The van der Waals surface area contributed by atoms with E-state index in [2.05, 4.69) is 4.98 Å². The first-order valence-corrected chi connectivity index (χ1v) is 5.84. The van der Waals surface area contributed by atoms with E-state index in [1.54, 1.807) is 6.20 Å². The van der Waals surface area contributed by atoms with Gasteiger partial charge in [0.2, 0.25) is 0 Å². The van der Waals surface area contributed by atoms with Gasteiger partial charge in [-0.1, -0.05) is 6.07 Å². The lowest BCUT2D eigenvalue weighted by Crippen LogP contribution is -2.37. The Morgan fingerprint density at radius 3 is 2.82 bits per heavy atom. The van der Waals surface area contributed by atoms with Gasteiger partial charge in [0.1, 0.15) is 0 Å². The molecule has 2 heterocycles. The number of likely N-dealkylation sites (tertiary alicyclic amines) is 1. The van der Waals surface area contributed by atoms with Gasteiger partial charge >= 0.3 is 6.09 Å². The van der Waals surface area contributed by atoms with Crippen molar-refractivity contribution in [3.8, 4) is 0 Å². The molecule has 1 fully saturated rings. The van der Waals surface area contributed by atoms with Gasteiger partial charge in [0.25, 0.3) is 0 Å². The van der Waals surface area contributed by atoms with Crippen LogP contribution in [0.4, 0.5) is 4.79 Å². The molecule has 0 aliphatic carbocycles. The zero-order valence-corrected chi connectivity index (χ0v) is 9.67. The molecule has 1 saturated heterocycles. The third-order valence-corrected chi connectivity index (χ3v) is 3.30. The summed E-state index contributed by atoms with van der Waals surface area (Å²) in [5.41, 5.74) is 7.80. The molecule has 17 heavy (non-hydrogen) atoms. The number of amides is 1. The summed E-state index contributed by atoms with van der Waals surface area (Å²) in [7, 11) is 0. The molecule has 1 aliphatic heterocycles. The minimum absolute atomic E-state index is 0.338. The Labute approximate surface area is 100 Å². The van der Waals surface area contributed by atoms with Gasteiger partial charge in [0.05, 0.1) is 0 Å². The lowest BCUT2D eigenvalue weighted by atomic mass is 9.90. The van der Waals surface area contributed by atoms with E-state index in [-0.39, 0.29) is 0 Å². The van der Waals surface area contributed by atoms with Crippen molar-refractivity contribution in [3.05, 3.63) is 29.6 Å². The quantitative estimate of drug-likeness (QED) is 0.812. The predicted molar refractivity (Wildman–Crippen MR) is 63.7 cm³/mol. The normalized spacial score (nSPS) is 17.1. The van der Waals surface area contributed by atoms with Crippen molar-refractivity contribution in [1.29, 1.82) is 0 Å². The number of aromatic nitrogens is 1. The van der Waals surface area contributed by atoms with E-state index in [1.165, 1.54) is 4.90 Å². The van der Waals surface area contributed by atoms with Crippen LogP contribution >= 0.6 is 0 Å². The molecular weight excluding hydrogens is 218 g/mol. The van der Waals surface area contributed by atoms with E-state index in [0.29, 0.717) is 25.6 Å². The predicted octanol–water partition coefficient (Wildman–Crippen LogP) is 1.40. The number of hydrogen-bond donors (Lipinski definition) is 2. The van der Waals surface area contributed by atoms with Gasteiger partial charge in [-0.05, 0) is 24.5 Å². The third-order valence-electron chi connectivity index (χ3n) is 3.30. The van der Waals surface area contributed by atoms with Crippen LogP contribution in [-0.4, -0.2) is 34.2 Å². The van der Waals surface area contributed by atoms with Crippen LogP contribution in [-0.2, 0) is 6.54 Å². The van der Waals surface area contributed by atoms with E-state index < -0.39 is 6.09 Å². The molecule has 92 valence electrons. The maximum Gasteiger partial charge on any atom is 0.407 e. The molecule has 1 aromatic rings. The Balaban J connectivity index is 2.07. The standard InChI is InChI=1S/C12H17N3O2/c13-8-10-2-1-5-14-11(10)9-3-6-15(7-4-9)12(16)17/h1-2,5,9H,3-4,6-8,13H2,(H,16,17). The van der Waals surface area contributed by atoms with Crippen LogP contribution in [0.15, 0.2) is 18.3 Å². The molecule has 0 unspecified atom stereocenters. The number of nitrogens with two attached hydrogens (primary N) is 1. The second-order valence-electron chi connectivity index (χ2n) is 4.30. The molecule has 1 amide bonds. The Morgan fingerprint density at radius 2 is 2.24 bits per heavy atom. The second-order valence-corrected chi connectivity index (χ2v) is 4.30. The Morgan fingerprint density at radius 1 is 1.53 bits per heavy atom. The Bertz CT molecular complexity index is 400. The number of carboxylic acid groups (broad SMARTS) is 1. The summed E-state index contributed by atoms with van der Waals surface area (Å²) < 4.78 is 0. The van der Waals surface area contributed by atoms with Crippen molar-refractivity contribution < 1.29 is 9.90 Å². The van der Waals surface area contributed by atoms with Gasteiger partial charge < -0.3 is 15.7 Å². The Kier molecular flexibility index (Phi) is 3.58. The summed E-state index contributed by atoms with van der Waals surface area (Å²) in [5, 5.41) is 8.89. The fraction of sp³-hybridized carbons (Fsp3) is 0.500. The lowest BCUT2D eigenvalue weighted by molar-refractivity contribution is 0.131. The number of nitrogens with zero attached hydrogens (tertiary/aromatic N) is 2. The lowest BCUT2D eigenvalue weighted by Gasteiger charge is -2.30. The van der Waals surface area contributed by atoms with Crippen molar-refractivity contribution in [2.45, 2.75) is 25.3 Å². The number of carbonyl (C=O) groups is 1. The van der Waals surface area contributed by atoms with Crippen LogP contribution in [0.2, 0.25) is 0 Å². The van der Waals surface area contributed by atoms with Gasteiger partial charge in [-0.15, -0.1) is 0 Å². The van der Waals surface area contributed by atoms with E-state index in [1.807, 2.05) is 12.1 Å². The Hall–Kier alpha value is -1.62. The highest BCUT2D eigenvalue weighted by molar-refractivity contribution is 5.65. The minimum Gasteiger partial charge on any atom is -0.465 e. The molecule has 0 spiro atoms. The maximum absolute atomic E-state index is 10.8. The first-order valence-electron chi connectivity index (χ1n) is 5.84. The second kappa shape index (κ2) is 5.14. The number of rotatable bonds is 2. The highest BCUT2D eigenvalue weighted by Crippen LogP contribution is 2.28. The number of hydrogen-bond acceptors (Lipinski definition) is 3.